The van der Waals surface area contributed by atoms with Gasteiger partial charge in [0.05, 0.1) is 14.6 Å². The second-order valence-corrected chi connectivity index (χ2v) is 5.31. The Balaban J connectivity index is 2.28. The highest BCUT2D eigenvalue weighted by molar-refractivity contribution is 7.15. The Labute approximate surface area is 115 Å². The summed E-state index contributed by atoms with van der Waals surface area (Å²) in [6.07, 6.45) is 3.04. The molecule has 0 saturated carbocycles. The molecule has 0 saturated heterocycles. The number of hydrogen-bond donors (Lipinski definition) is 0. The number of aromatic nitrogens is 3. The molecular weight excluding hydrogens is 293 g/mol. The van der Waals surface area contributed by atoms with E-state index in [1.807, 2.05) is 0 Å². The van der Waals surface area contributed by atoms with Gasteiger partial charge in [-0.05, 0) is 17.7 Å². The lowest BCUT2D eigenvalue weighted by Gasteiger charge is -1.98. The van der Waals surface area contributed by atoms with E-state index in [9.17, 15) is 4.79 Å². The Kier molecular flexibility index (Phi) is 2.81. The number of thiazole rings is 1. The summed E-state index contributed by atoms with van der Waals surface area (Å²) in [6, 6.07) is 5.27. The summed E-state index contributed by atoms with van der Waals surface area (Å²) < 4.78 is 1.78. The second-order valence-electron chi connectivity index (χ2n) is 3.51. The lowest BCUT2D eigenvalue weighted by molar-refractivity contribution is 0.932. The molecule has 0 aliphatic heterocycles. The van der Waals surface area contributed by atoms with E-state index in [-0.39, 0.29) is 5.56 Å². The summed E-state index contributed by atoms with van der Waals surface area (Å²) in [5.74, 6) is 0. The minimum atomic E-state index is -0.205. The van der Waals surface area contributed by atoms with E-state index >= 15 is 0 Å². The molecule has 4 nitrogen and oxygen atoms in total. The van der Waals surface area contributed by atoms with Gasteiger partial charge in [-0.1, -0.05) is 46.7 Å². The van der Waals surface area contributed by atoms with Crippen molar-refractivity contribution in [3.63, 3.8) is 0 Å². The van der Waals surface area contributed by atoms with Crippen molar-refractivity contribution in [3.05, 3.63) is 55.0 Å². The summed E-state index contributed by atoms with van der Waals surface area (Å²) in [7, 11) is 0. The van der Waals surface area contributed by atoms with E-state index in [0.717, 1.165) is 0 Å². The van der Waals surface area contributed by atoms with Crippen LogP contribution in [-0.2, 0) is 0 Å². The highest BCUT2D eigenvalue weighted by Crippen LogP contribution is 2.25. The fourth-order valence-electron chi connectivity index (χ4n) is 1.55. The van der Waals surface area contributed by atoms with Crippen LogP contribution in [0.15, 0.2) is 29.3 Å². The maximum Gasteiger partial charge on any atom is 0.291 e. The molecule has 0 aliphatic rings. The largest absolute Gasteiger partial charge is 0.291 e. The van der Waals surface area contributed by atoms with E-state index < -0.39 is 0 Å². The van der Waals surface area contributed by atoms with Gasteiger partial charge in [-0.2, -0.15) is 9.61 Å². The number of nitrogens with zero attached hydrogens (tertiary/aromatic N) is 3. The molecule has 0 amide bonds. The number of benzene rings is 1. The van der Waals surface area contributed by atoms with Gasteiger partial charge in [0.25, 0.3) is 5.56 Å². The third-order valence-electron chi connectivity index (χ3n) is 2.39. The van der Waals surface area contributed by atoms with Gasteiger partial charge < -0.3 is 0 Å². The molecule has 0 spiro atoms. The standard InChI is InChI=1S/C11H5Cl2N3OS/c12-7-3-1-2-6(9(7)13)4-8-10(17)16-11(18-8)14-5-15-16/h1-5H/b8-4-. The van der Waals surface area contributed by atoms with Gasteiger partial charge in [0.15, 0.2) is 0 Å². The zero-order valence-electron chi connectivity index (χ0n) is 8.80. The van der Waals surface area contributed by atoms with E-state index in [2.05, 4.69) is 10.1 Å². The highest BCUT2D eigenvalue weighted by atomic mass is 35.5. The van der Waals surface area contributed by atoms with Crippen LogP contribution in [0.25, 0.3) is 11.0 Å². The Bertz CT molecular complexity index is 840. The van der Waals surface area contributed by atoms with Gasteiger partial charge >= 0.3 is 0 Å². The van der Waals surface area contributed by atoms with Gasteiger partial charge in [-0.3, -0.25) is 4.79 Å². The molecule has 0 fully saturated rings. The Morgan fingerprint density at radius 3 is 2.94 bits per heavy atom. The Morgan fingerprint density at radius 1 is 1.33 bits per heavy atom. The Hall–Kier alpha value is -1.43. The molecule has 0 aliphatic carbocycles. The van der Waals surface area contributed by atoms with Gasteiger partial charge in [-0.15, -0.1) is 0 Å². The first-order chi connectivity index (χ1) is 8.66. The number of hydrogen-bond acceptors (Lipinski definition) is 4. The summed E-state index contributed by atoms with van der Waals surface area (Å²) in [4.78, 5) is 16.5. The van der Waals surface area contributed by atoms with Crippen LogP contribution in [0.1, 0.15) is 5.56 Å². The van der Waals surface area contributed by atoms with Gasteiger partial charge in [0, 0.05) is 0 Å². The van der Waals surface area contributed by atoms with Crippen molar-refractivity contribution >= 4 is 45.6 Å². The highest BCUT2D eigenvalue weighted by Gasteiger charge is 2.07. The summed E-state index contributed by atoms with van der Waals surface area (Å²) in [5, 5.41) is 4.73. The minimum Gasteiger partial charge on any atom is -0.266 e. The molecular formula is C11H5Cl2N3OS. The molecule has 2 heterocycles. The summed E-state index contributed by atoms with van der Waals surface area (Å²) in [6.45, 7) is 0. The smallest absolute Gasteiger partial charge is 0.266 e. The molecule has 90 valence electrons. The van der Waals surface area contributed by atoms with Crippen LogP contribution in [0.5, 0.6) is 0 Å². The van der Waals surface area contributed by atoms with E-state index in [4.69, 9.17) is 23.2 Å². The van der Waals surface area contributed by atoms with Crippen LogP contribution in [0.3, 0.4) is 0 Å². The normalized spacial score (nSPS) is 12.4. The quantitative estimate of drug-likeness (QED) is 0.690. The monoisotopic (exact) mass is 297 g/mol. The van der Waals surface area contributed by atoms with Crippen molar-refractivity contribution < 1.29 is 0 Å². The molecule has 1 aromatic carbocycles. The first kappa shape index (κ1) is 11.6. The third-order valence-corrected chi connectivity index (χ3v) is 4.20. The van der Waals surface area contributed by atoms with E-state index in [0.29, 0.717) is 25.1 Å². The van der Waals surface area contributed by atoms with Crippen molar-refractivity contribution in [2.45, 2.75) is 0 Å². The van der Waals surface area contributed by atoms with Crippen LogP contribution < -0.4 is 10.1 Å². The van der Waals surface area contributed by atoms with Crippen molar-refractivity contribution in [2.75, 3.05) is 0 Å². The zero-order chi connectivity index (χ0) is 12.7. The van der Waals surface area contributed by atoms with Crippen LogP contribution in [-0.4, -0.2) is 14.6 Å². The zero-order valence-corrected chi connectivity index (χ0v) is 11.1. The molecule has 2 aromatic heterocycles. The average molecular weight is 298 g/mol. The lowest BCUT2D eigenvalue weighted by Crippen LogP contribution is -2.23. The van der Waals surface area contributed by atoms with Crippen molar-refractivity contribution in [3.8, 4) is 0 Å². The molecule has 3 aromatic rings. The van der Waals surface area contributed by atoms with Crippen molar-refractivity contribution in [1.29, 1.82) is 0 Å². The number of rotatable bonds is 1. The molecule has 18 heavy (non-hydrogen) atoms. The molecule has 0 N–H and O–H groups in total. The van der Waals surface area contributed by atoms with Crippen molar-refractivity contribution in [1.82, 2.24) is 14.6 Å². The first-order valence-electron chi connectivity index (χ1n) is 4.95. The fourth-order valence-corrected chi connectivity index (χ4v) is 2.79. The van der Waals surface area contributed by atoms with Crippen LogP contribution in [0, 0.1) is 0 Å². The first-order valence-corrected chi connectivity index (χ1v) is 6.52. The molecule has 7 heteroatoms. The molecule has 0 unspecified atom stereocenters. The maximum absolute atomic E-state index is 12.0. The summed E-state index contributed by atoms with van der Waals surface area (Å²) in [5.41, 5.74) is 0.495. The Morgan fingerprint density at radius 2 is 2.17 bits per heavy atom. The van der Waals surface area contributed by atoms with Crippen LogP contribution in [0.4, 0.5) is 0 Å². The van der Waals surface area contributed by atoms with Gasteiger partial charge in [0.2, 0.25) is 4.96 Å². The molecule has 0 bridgehead atoms. The van der Waals surface area contributed by atoms with Crippen LogP contribution >= 0.6 is 34.5 Å². The number of halogens is 2. The topological polar surface area (TPSA) is 47.3 Å². The fraction of sp³-hybridized carbons (Fsp3) is 0. The van der Waals surface area contributed by atoms with E-state index in [1.165, 1.54) is 22.2 Å². The van der Waals surface area contributed by atoms with E-state index in [1.54, 1.807) is 24.3 Å². The van der Waals surface area contributed by atoms with Gasteiger partial charge in [-0.25, -0.2) is 4.98 Å². The maximum atomic E-state index is 12.0. The lowest BCUT2D eigenvalue weighted by atomic mass is 10.2. The van der Waals surface area contributed by atoms with Crippen molar-refractivity contribution in [2.24, 2.45) is 0 Å². The summed E-state index contributed by atoms with van der Waals surface area (Å²) >= 11 is 13.2. The number of fused-ring (bicyclic) bond motifs is 1. The molecule has 0 radical (unpaired) electrons. The second kappa shape index (κ2) is 4.35. The van der Waals surface area contributed by atoms with Crippen LogP contribution in [0.2, 0.25) is 10.0 Å². The molecule has 0 atom stereocenters. The van der Waals surface area contributed by atoms with Gasteiger partial charge in [0.1, 0.15) is 6.33 Å². The minimum absolute atomic E-state index is 0.205. The predicted molar refractivity (Wildman–Crippen MR) is 72.4 cm³/mol. The third kappa shape index (κ3) is 1.80. The average Bonchev–Trinajstić information content (AvgIpc) is 2.90. The molecule has 3 rings (SSSR count). The SMILES string of the molecule is O=c1/c(=C/c2cccc(Cl)c2Cl)sc2ncnn12. The predicted octanol–water partition coefficient (Wildman–Crippen LogP) is 2.01.